The molecule has 0 aliphatic heterocycles. The molecule has 0 saturated carbocycles. The molecule has 0 fully saturated rings. The number of halogens is 4. The molecule has 0 saturated heterocycles. The lowest BCUT2D eigenvalue weighted by Crippen LogP contribution is -2.22. The lowest BCUT2D eigenvalue weighted by Gasteiger charge is -2.18. The summed E-state index contributed by atoms with van der Waals surface area (Å²) in [4.78, 5) is 8.90. The molecule has 0 aliphatic rings. The van der Waals surface area contributed by atoms with Gasteiger partial charge in [0.2, 0.25) is 6.30 Å². The standard InChI is InChI=1S/C15H16F4N4O2/c1-14(2,3)25-22-12(13(16)23-9-20-8-21-23)10-4-6-11(7-5-10)24-15(17,18)19/h4-9,13H,1-3H3. The third-order valence-electron chi connectivity index (χ3n) is 2.70. The molecule has 2 aromatic rings. The summed E-state index contributed by atoms with van der Waals surface area (Å²) in [6.07, 6.45) is -4.34. The molecule has 2 rings (SSSR count). The SMILES string of the molecule is CC(C)(C)ON=C(c1ccc(OC(F)(F)F)cc1)C(F)n1cncn1. The van der Waals surface area contributed by atoms with Gasteiger partial charge in [-0.1, -0.05) is 5.16 Å². The zero-order chi connectivity index (χ0) is 18.7. The van der Waals surface area contributed by atoms with Crippen molar-refractivity contribution in [1.29, 1.82) is 0 Å². The average molecular weight is 360 g/mol. The number of nitrogens with zero attached hydrogens (tertiary/aromatic N) is 4. The highest BCUT2D eigenvalue weighted by atomic mass is 19.4. The fourth-order valence-corrected chi connectivity index (χ4v) is 1.71. The monoisotopic (exact) mass is 360 g/mol. The molecule has 136 valence electrons. The molecule has 0 spiro atoms. The highest BCUT2D eigenvalue weighted by Gasteiger charge is 2.31. The summed E-state index contributed by atoms with van der Waals surface area (Å²) in [6.45, 7) is 5.16. The zero-order valence-corrected chi connectivity index (χ0v) is 13.7. The van der Waals surface area contributed by atoms with Crippen molar-refractivity contribution < 1.29 is 27.1 Å². The molecule has 1 aromatic carbocycles. The Labute approximate surface area is 141 Å². The maximum absolute atomic E-state index is 14.7. The number of benzene rings is 1. The fraction of sp³-hybridized carbons (Fsp3) is 0.400. The first kappa shape index (κ1) is 18.7. The van der Waals surface area contributed by atoms with E-state index in [4.69, 9.17) is 4.84 Å². The Hall–Kier alpha value is -2.65. The smallest absolute Gasteiger partial charge is 0.406 e. The zero-order valence-electron chi connectivity index (χ0n) is 13.7. The van der Waals surface area contributed by atoms with Gasteiger partial charge in [0.25, 0.3) is 0 Å². The second-order valence-electron chi connectivity index (χ2n) is 5.96. The minimum absolute atomic E-state index is 0.168. The van der Waals surface area contributed by atoms with Crippen LogP contribution >= 0.6 is 0 Å². The van der Waals surface area contributed by atoms with Crippen LogP contribution in [0.1, 0.15) is 32.6 Å². The van der Waals surface area contributed by atoms with Crippen molar-refractivity contribution in [2.75, 3.05) is 0 Å². The van der Waals surface area contributed by atoms with Gasteiger partial charge in [0.1, 0.15) is 29.7 Å². The predicted molar refractivity (Wildman–Crippen MR) is 80.7 cm³/mol. The van der Waals surface area contributed by atoms with E-state index in [1.807, 2.05) is 0 Å². The molecule has 1 aromatic heterocycles. The quantitative estimate of drug-likeness (QED) is 0.461. The van der Waals surface area contributed by atoms with Crippen LogP contribution in [-0.2, 0) is 4.84 Å². The largest absolute Gasteiger partial charge is 0.573 e. The van der Waals surface area contributed by atoms with Gasteiger partial charge < -0.3 is 9.57 Å². The number of oxime groups is 1. The normalized spacial score (nSPS) is 14.3. The Balaban J connectivity index is 2.32. The fourth-order valence-electron chi connectivity index (χ4n) is 1.71. The molecular formula is C15H16F4N4O2. The van der Waals surface area contributed by atoms with Crippen molar-refractivity contribution in [3.05, 3.63) is 42.5 Å². The highest BCUT2D eigenvalue weighted by molar-refractivity contribution is 6.02. The van der Waals surface area contributed by atoms with E-state index >= 15 is 0 Å². The number of rotatable bonds is 5. The van der Waals surface area contributed by atoms with E-state index in [0.29, 0.717) is 0 Å². The summed E-state index contributed by atoms with van der Waals surface area (Å²) >= 11 is 0. The van der Waals surface area contributed by atoms with Crippen molar-refractivity contribution in [3.63, 3.8) is 0 Å². The first-order valence-electron chi connectivity index (χ1n) is 7.15. The van der Waals surface area contributed by atoms with Gasteiger partial charge in [-0.15, -0.1) is 13.2 Å². The average Bonchev–Trinajstić information content (AvgIpc) is 3.00. The van der Waals surface area contributed by atoms with Crippen molar-refractivity contribution in [3.8, 4) is 5.75 Å². The van der Waals surface area contributed by atoms with E-state index in [9.17, 15) is 17.6 Å². The van der Waals surface area contributed by atoms with Gasteiger partial charge in [-0.25, -0.2) is 14.1 Å². The predicted octanol–water partition coefficient (Wildman–Crippen LogP) is 3.86. The van der Waals surface area contributed by atoms with Gasteiger partial charge in [0.05, 0.1) is 0 Å². The lowest BCUT2D eigenvalue weighted by atomic mass is 10.1. The molecule has 0 N–H and O–H groups in total. The van der Waals surface area contributed by atoms with Crippen molar-refractivity contribution in [1.82, 2.24) is 14.8 Å². The van der Waals surface area contributed by atoms with Gasteiger partial charge in [-0.3, -0.25) is 0 Å². The summed E-state index contributed by atoms with van der Waals surface area (Å²) in [5, 5.41) is 7.51. The highest BCUT2D eigenvalue weighted by Crippen LogP contribution is 2.25. The third-order valence-corrected chi connectivity index (χ3v) is 2.70. The Morgan fingerprint density at radius 1 is 1.16 bits per heavy atom. The Kier molecular flexibility index (Phi) is 5.29. The van der Waals surface area contributed by atoms with Crippen LogP contribution in [0.2, 0.25) is 0 Å². The molecule has 10 heteroatoms. The molecule has 0 bridgehead atoms. The Morgan fingerprint density at radius 3 is 2.28 bits per heavy atom. The molecule has 0 aliphatic carbocycles. The summed E-state index contributed by atoms with van der Waals surface area (Å²) in [5.41, 5.74) is -0.645. The van der Waals surface area contributed by atoms with E-state index < -0.39 is 24.0 Å². The van der Waals surface area contributed by atoms with E-state index in [1.165, 1.54) is 12.1 Å². The number of hydrogen-bond donors (Lipinski definition) is 0. The first-order valence-corrected chi connectivity index (χ1v) is 7.15. The third kappa shape index (κ3) is 5.73. The van der Waals surface area contributed by atoms with Crippen LogP contribution in [0.25, 0.3) is 0 Å². The van der Waals surface area contributed by atoms with Gasteiger partial charge in [0, 0.05) is 5.56 Å². The Morgan fingerprint density at radius 2 is 1.80 bits per heavy atom. The molecule has 25 heavy (non-hydrogen) atoms. The summed E-state index contributed by atoms with van der Waals surface area (Å²) in [5.74, 6) is -0.427. The summed E-state index contributed by atoms with van der Waals surface area (Å²) < 4.78 is 56.1. The van der Waals surface area contributed by atoms with Gasteiger partial charge in [-0.05, 0) is 45.0 Å². The number of hydrogen-bond acceptors (Lipinski definition) is 5. The summed E-state index contributed by atoms with van der Waals surface area (Å²) in [7, 11) is 0. The van der Waals surface area contributed by atoms with Crippen LogP contribution in [0.15, 0.2) is 42.1 Å². The van der Waals surface area contributed by atoms with Crippen LogP contribution in [0.5, 0.6) is 5.75 Å². The molecular weight excluding hydrogens is 344 g/mol. The topological polar surface area (TPSA) is 61.5 Å². The second kappa shape index (κ2) is 7.08. The van der Waals surface area contributed by atoms with E-state index in [1.54, 1.807) is 20.8 Å². The summed E-state index contributed by atoms with van der Waals surface area (Å²) in [6, 6.07) is 4.61. The van der Waals surface area contributed by atoms with Crippen molar-refractivity contribution in [2.45, 2.75) is 39.0 Å². The molecule has 1 heterocycles. The number of aromatic nitrogens is 3. The second-order valence-corrected chi connectivity index (χ2v) is 5.96. The molecule has 1 atom stereocenters. The van der Waals surface area contributed by atoms with Crippen LogP contribution < -0.4 is 4.74 Å². The van der Waals surface area contributed by atoms with Crippen molar-refractivity contribution in [2.24, 2.45) is 5.16 Å². The van der Waals surface area contributed by atoms with Crippen LogP contribution in [0.4, 0.5) is 17.6 Å². The van der Waals surface area contributed by atoms with Crippen LogP contribution in [0, 0.1) is 0 Å². The molecule has 0 amide bonds. The maximum Gasteiger partial charge on any atom is 0.573 e. The van der Waals surface area contributed by atoms with E-state index in [-0.39, 0.29) is 11.3 Å². The molecule has 6 nitrogen and oxygen atoms in total. The Bertz CT molecular complexity index is 707. The minimum atomic E-state index is -4.81. The molecule has 1 unspecified atom stereocenters. The van der Waals surface area contributed by atoms with E-state index in [0.717, 1.165) is 29.5 Å². The molecule has 0 radical (unpaired) electrons. The van der Waals surface area contributed by atoms with Gasteiger partial charge in [-0.2, -0.15) is 5.10 Å². The number of ether oxygens (including phenoxy) is 1. The van der Waals surface area contributed by atoms with E-state index in [2.05, 4.69) is 20.0 Å². The van der Waals surface area contributed by atoms with Gasteiger partial charge >= 0.3 is 6.36 Å². The maximum atomic E-state index is 14.7. The number of alkyl halides is 4. The lowest BCUT2D eigenvalue weighted by molar-refractivity contribution is -0.274. The van der Waals surface area contributed by atoms with Crippen LogP contribution in [-0.4, -0.2) is 32.4 Å². The van der Waals surface area contributed by atoms with Crippen LogP contribution in [0.3, 0.4) is 0 Å². The minimum Gasteiger partial charge on any atom is -0.406 e. The van der Waals surface area contributed by atoms with Gasteiger partial charge in [0.15, 0.2) is 0 Å². The first-order chi connectivity index (χ1) is 11.6. The van der Waals surface area contributed by atoms with Crippen molar-refractivity contribution >= 4 is 5.71 Å².